The lowest BCUT2D eigenvalue weighted by Crippen LogP contribution is -2.34. The molecular weight excluding hydrogens is 314 g/mol. The molecule has 8 heteroatoms. The summed E-state index contributed by atoms with van der Waals surface area (Å²) in [7, 11) is 0. The Labute approximate surface area is 129 Å². The zero-order chi connectivity index (χ0) is 15.9. The Hall–Kier alpha value is -2.35. The molecule has 2 rings (SSSR count). The number of furan rings is 1. The number of nitrogens with one attached hydrogen (secondary N) is 2. The first-order valence-corrected chi connectivity index (χ1v) is 7.09. The number of halogens is 2. The number of anilines is 1. The highest BCUT2D eigenvalue weighted by molar-refractivity contribution is 7.99. The minimum absolute atomic E-state index is 0.0839. The van der Waals surface area contributed by atoms with Crippen molar-refractivity contribution in [1.29, 1.82) is 0 Å². The van der Waals surface area contributed by atoms with Gasteiger partial charge in [0.25, 0.3) is 5.76 Å². The maximum atomic E-state index is 12.3. The summed E-state index contributed by atoms with van der Waals surface area (Å²) in [5.74, 6) is -3.77. The maximum absolute atomic E-state index is 12.3. The molecule has 116 valence electrons. The summed E-state index contributed by atoms with van der Waals surface area (Å²) in [5, 5.41) is 4.73. The number of carbonyl (C=O) groups excluding carboxylic acids is 2. The van der Waals surface area contributed by atoms with Crippen LogP contribution in [0.15, 0.2) is 52.0 Å². The Morgan fingerprint density at radius 1 is 1.18 bits per heavy atom. The zero-order valence-corrected chi connectivity index (χ0v) is 12.0. The third kappa shape index (κ3) is 4.88. The molecular formula is C14H12F2N2O3S. The van der Waals surface area contributed by atoms with E-state index in [1.54, 1.807) is 12.1 Å². The van der Waals surface area contributed by atoms with E-state index in [-0.39, 0.29) is 12.2 Å². The molecule has 1 aromatic carbocycles. The van der Waals surface area contributed by atoms with Crippen LogP contribution in [-0.4, -0.2) is 17.6 Å². The highest BCUT2D eigenvalue weighted by Gasteiger charge is 2.14. The normalized spacial score (nSPS) is 10.5. The topological polar surface area (TPSA) is 71.3 Å². The fourth-order valence-electron chi connectivity index (χ4n) is 1.60. The van der Waals surface area contributed by atoms with Crippen molar-refractivity contribution in [3.05, 3.63) is 48.4 Å². The lowest BCUT2D eigenvalue weighted by Gasteiger charge is -2.07. The molecule has 0 unspecified atom stereocenters. The molecule has 0 aliphatic heterocycles. The van der Waals surface area contributed by atoms with Crippen LogP contribution in [0.2, 0.25) is 0 Å². The molecule has 0 aliphatic carbocycles. The molecule has 0 radical (unpaired) electrons. The van der Waals surface area contributed by atoms with Crippen LogP contribution < -0.4 is 10.6 Å². The van der Waals surface area contributed by atoms with E-state index >= 15 is 0 Å². The van der Waals surface area contributed by atoms with E-state index in [1.165, 1.54) is 30.5 Å². The van der Waals surface area contributed by atoms with Gasteiger partial charge in [-0.1, -0.05) is 17.8 Å². The summed E-state index contributed by atoms with van der Waals surface area (Å²) in [4.78, 5) is 23.6. The number of thioether (sulfide) groups is 1. The molecule has 1 aromatic heterocycles. The van der Waals surface area contributed by atoms with Crippen molar-refractivity contribution in [2.75, 3.05) is 5.32 Å². The van der Waals surface area contributed by atoms with Gasteiger partial charge in [-0.2, -0.15) is 8.78 Å². The second kappa shape index (κ2) is 7.60. The number of hydrogen-bond acceptors (Lipinski definition) is 4. The molecule has 2 aromatic rings. The number of carbonyl (C=O) groups is 2. The van der Waals surface area contributed by atoms with Crippen LogP contribution in [0.3, 0.4) is 0 Å². The van der Waals surface area contributed by atoms with E-state index in [9.17, 15) is 18.4 Å². The second-order valence-corrected chi connectivity index (χ2v) is 5.19. The van der Waals surface area contributed by atoms with Crippen LogP contribution in [0.1, 0.15) is 5.76 Å². The van der Waals surface area contributed by atoms with Gasteiger partial charge in [-0.3, -0.25) is 9.59 Å². The summed E-state index contributed by atoms with van der Waals surface area (Å²) in [5.41, 5.74) is 0.267. The summed E-state index contributed by atoms with van der Waals surface area (Å²) in [6.07, 6.45) is 1.45. The molecule has 1 heterocycles. The highest BCUT2D eigenvalue weighted by Crippen LogP contribution is 2.27. The first-order chi connectivity index (χ1) is 10.5. The lowest BCUT2D eigenvalue weighted by atomic mass is 10.3. The largest absolute Gasteiger partial charge is 0.467 e. The molecule has 0 saturated heterocycles. The fraction of sp³-hybridized carbons (Fsp3) is 0.143. The first kappa shape index (κ1) is 16.0. The number of hydrogen-bond donors (Lipinski definition) is 2. The molecule has 0 bridgehead atoms. The molecule has 2 N–H and O–H groups in total. The van der Waals surface area contributed by atoms with Gasteiger partial charge >= 0.3 is 11.8 Å². The van der Waals surface area contributed by atoms with Gasteiger partial charge in [-0.05, 0) is 30.3 Å². The molecule has 0 fully saturated rings. The molecule has 5 nitrogen and oxygen atoms in total. The van der Waals surface area contributed by atoms with Crippen LogP contribution in [0.25, 0.3) is 0 Å². The molecule has 0 saturated carbocycles. The fourth-order valence-corrected chi connectivity index (χ4v) is 2.16. The minimum Gasteiger partial charge on any atom is -0.467 e. The van der Waals surface area contributed by atoms with Gasteiger partial charge in [-0.25, -0.2) is 0 Å². The molecule has 2 amide bonds. The molecule has 0 spiro atoms. The van der Waals surface area contributed by atoms with Crippen LogP contribution in [0, 0.1) is 0 Å². The van der Waals surface area contributed by atoms with Crippen LogP contribution >= 0.6 is 11.8 Å². The van der Waals surface area contributed by atoms with Crippen LogP contribution in [0.4, 0.5) is 14.5 Å². The van der Waals surface area contributed by atoms with Gasteiger partial charge in [0.2, 0.25) is 0 Å². The first-order valence-electron chi connectivity index (χ1n) is 6.21. The van der Waals surface area contributed by atoms with Gasteiger partial charge in [0, 0.05) is 10.6 Å². The van der Waals surface area contributed by atoms with Crippen molar-refractivity contribution >= 4 is 29.3 Å². The summed E-state index contributed by atoms with van der Waals surface area (Å²) in [6.45, 7) is 0.0839. The Kier molecular flexibility index (Phi) is 5.54. The molecule has 22 heavy (non-hydrogen) atoms. The van der Waals surface area contributed by atoms with E-state index in [1.807, 2.05) is 0 Å². The number of rotatable bonds is 5. The van der Waals surface area contributed by atoms with Crippen molar-refractivity contribution < 1.29 is 22.8 Å². The van der Waals surface area contributed by atoms with Gasteiger partial charge < -0.3 is 15.1 Å². The van der Waals surface area contributed by atoms with Crippen molar-refractivity contribution in [2.45, 2.75) is 17.2 Å². The van der Waals surface area contributed by atoms with E-state index in [0.29, 0.717) is 22.4 Å². The standard InChI is InChI=1S/C14H12F2N2O3S/c15-14(16)22-11-5-1-3-9(7-11)18-13(20)12(19)17-8-10-4-2-6-21-10/h1-7,14H,8H2,(H,17,19)(H,18,20). The number of alkyl halides is 2. The Balaban J connectivity index is 1.89. The SMILES string of the molecule is O=C(NCc1ccco1)C(=O)Nc1cccc(SC(F)F)c1. The Bertz CT molecular complexity index is 647. The number of benzene rings is 1. The van der Waals surface area contributed by atoms with Crippen molar-refractivity contribution in [1.82, 2.24) is 5.32 Å². The second-order valence-electron chi connectivity index (χ2n) is 4.12. The summed E-state index contributed by atoms with van der Waals surface area (Å²) < 4.78 is 29.6. The van der Waals surface area contributed by atoms with Crippen LogP contribution in [-0.2, 0) is 16.1 Å². The van der Waals surface area contributed by atoms with Crippen LogP contribution in [0.5, 0.6) is 0 Å². The third-order valence-electron chi connectivity index (χ3n) is 2.53. The predicted molar refractivity (Wildman–Crippen MR) is 77.5 cm³/mol. The molecule has 0 atom stereocenters. The highest BCUT2D eigenvalue weighted by atomic mass is 32.2. The maximum Gasteiger partial charge on any atom is 0.313 e. The Morgan fingerprint density at radius 3 is 2.68 bits per heavy atom. The van der Waals surface area contributed by atoms with Crippen molar-refractivity contribution in [3.63, 3.8) is 0 Å². The predicted octanol–water partition coefficient (Wildman–Crippen LogP) is 2.85. The number of amides is 2. The molecule has 0 aliphatic rings. The van der Waals surface area contributed by atoms with Gasteiger partial charge in [0.1, 0.15) is 5.76 Å². The van der Waals surface area contributed by atoms with E-state index < -0.39 is 17.6 Å². The average molecular weight is 326 g/mol. The lowest BCUT2D eigenvalue weighted by molar-refractivity contribution is -0.136. The summed E-state index contributed by atoms with van der Waals surface area (Å²) in [6, 6.07) is 9.20. The summed E-state index contributed by atoms with van der Waals surface area (Å²) >= 11 is 0.359. The minimum atomic E-state index is -2.55. The zero-order valence-electron chi connectivity index (χ0n) is 11.2. The van der Waals surface area contributed by atoms with Gasteiger partial charge in [0.05, 0.1) is 12.8 Å². The monoisotopic (exact) mass is 326 g/mol. The van der Waals surface area contributed by atoms with E-state index in [0.717, 1.165) is 0 Å². The smallest absolute Gasteiger partial charge is 0.313 e. The van der Waals surface area contributed by atoms with Crippen molar-refractivity contribution in [2.24, 2.45) is 0 Å². The van der Waals surface area contributed by atoms with E-state index in [4.69, 9.17) is 4.42 Å². The van der Waals surface area contributed by atoms with Gasteiger partial charge in [-0.15, -0.1) is 0 Å². The van der Waals surface area contributed by atoms with Crippen molar-refractivity contribution in [3.8, 4) is 0 Å². The van der Waals surface area contributed by atoms with Gasteiger partial charge in [0.15, 0.2) is 0 Å². The van der Waals surface area contributed by atoms with E-state index in [2.05, 4.69) is 10.6 Å². The average Bonchev–Trinajstić information content (AvgIpc) is 2.97. The third-order valence-corrected chi connectivity index (χ3v) is 3.23. The Morgan fingerprint density at radius 2 is 2.00 bits per heavy atom. The quantitative estimate of drug-likeness (QED) is 0.655.